The Balaban J connectivity index is 1.18. The van der Waals surface area contributed by atoms with Gasteiger partial charge in [-0.2, -0.15) is 4.98 Å². The zero-order valence-electron chi connectivity index (χ0n) is 29.3. The van der Waals surface area contributed by atoms with Crippen molar-refractivity contribution in [3.05, 3.63) is 186 Å². The maximum Gasteiger partial charge on any atom is 0.340 e. The van der Waals surface area contributed by atoms with E-state index < -0.39 is 11.5 Å². The Hall–Kier alpha value is -6.87. The van der Waals surface area contributed by atoms with E-state index in [-0.39, 0.29) is 0 Å². The zero-order chi connectivity index (χ0) is 36.2. The van der Waals surface area contributed by atoms with Crippen molar-refractivity contribution in [1.82, 2.24) is 29.8 Å². The van der Waals surface area contributed by atoms with Gasteiger partial charge in [-0.1, -0.05) is 146 Å². The van der Waals surface area contributed by atoms with Crippen molar-refractivity contribution in [1.29, 1.82) is 0 Å². The number of esters is 1. The number of hydrogen-bond donors (Lipinski definition) is 0. The molecule has 9 heteroatoms. The first-order valence-corrected chi connectivity index (χ1v) is 17.5. The van der Waals surface area contributed by atoms with Crippen LogP contribution < -0.4 is 4.74 Å². The van der Waals surface area contributed by atoms with E-state index in [2.05, 4.69) is 71.7 Å². The average Bonchev–Trinajstić information content (AvgIpc) is 3.85. The van der Waals surface area contributed by atoms with Crippen LogP contribution in [0.15, 0.2) is 158 Å². The number of carbonyl (C=O) groups is 1. The summed E-state index contributed by atoms with van der Waals surface area (Å²) in [6, 6.07) is 53.2. The van der Waals surface area contributed by atoms with E-state index >= 15 is 0 Å². The molecule has 0 aliphatic heterocycles. The van der Waals surface area contributed by atoms with E-state index in [1.54, 1.807) is 16.9 Å². The second-order valence-electron chi connectivity index (χ2n) is 12.5. The molecule has 0 radical (unpaired) electrons. The quantitative estimate of drug-likeness (QED) is 0.0990. The smallest absolute Gasteiger partial charge is 0.340 e. The molecule has 0 aliphatic rings. The van der Waals surface area contributed by atoms with Gasteiger partial charge in [0.2, 0.25) is 5.82 Å². The minimum Gasteiger partial charge on any atom is -0.465 e. The second-order valence-corrected chi connectivity index (χ2v) is 12.5. The fourth-order valence-electron chi connectivity index (χ4n) is 7.08. The predicted octanol–water partition coefficient (Wildman–Crippen LogP) is 8.43. The number of nitrogens with zero attached hydrogens (tertiary/aromatic N) is 6. The van der Waals surface area contributed by atoms with Crippen LogP contribution in [-0.4, -0.2) is 49.4 Å². The third-order valence-corrected chi connectivity index (χ3v) is 9.47. The Labute approximate surface area is 307 Å². The molecule has 0 unspecified atom stereocenters. The van der Waals surface area contributed by atoms with Crippen LogP contribution in [0, 0.1) is 0 Å². The zero-order valence-corrected chi connectivity index (χ0v) is 29.3. The lowest BCUT2D eigenvalue weighted by Gasteiger charge is -2.34. The van der Waals surface area contributed by atoms with Crippen molar-refractivity contribution >= 4 is 17.0 Å². The highest BCUT2D eigenvalue weighted by atomic mass is 16.5. The molecular formula is C44H36N6O3. The highest BCUT2D eigenvalue weighted by Gasteiger charge is 2.41. The summed E-state index contributed by atoms with van der Waals surface area (Å²) in [6.07, 6.45) is 0. The molecule has 0 atom stereocenters. The minimum atomic E-state index is -0.878. The van der Waals surface area contributed by atoms with Gasteiger partial charge < -0.3 is 9.47 Å². The molecule has 0 aliphatic carbocycles. The van der Waals surface area contributed by atoms with E-state index in [9.17, 15) is 4.79 Å². The number of imidazole rings is 1. The molecule has 0 N–H and O–H groups in total. The number of rotatable bonds is 11. The molecule has 53 heavy (non-hydrogen) atoms. The molecular weight excluding hydrogens is 661 g/mol. The largest absolute Gasteiger partial charge is 0.465 e. The van der Waals surface area contributed by atoms with E-state index in [1.165, 1.54) is 7.11 Å². The summed E-state index contributed by atoms with van der Waals surface area (Å²) in [6.45, 7) is 2.79. The maximum atomic E-state index is 12.7. The first-order valence-electron chi connectivity index (χ1n) is 17.5. The van der Waals surface area contributed by atoms with Crippen LogP contribution in [0.2, 0.25) is 0 Å². The first kappa shape index (κ1) is 33.3. The van der Waals surface area contributed by atoms with Gasteiger partial charge in [-0.15, -0.1) is 15.0 Å². The fraction of sp³-hybridized carbons (Fsp3) is 0.114. The Bertz CT molecular complexity index is 2400. The highest BCUT2D eigenvalue weighted by molar-refractivity contribution is 6.02. The first-order chi connectivity index (χ1) is 26.1. The minimum absolute atomic E-state index is 0.425. The van der Waals surface area contributed by atoms with Crippen LogP contribution in [-0.2, 0) is 16.8 Å². The average molecular weight is 697 g/mol. The number of benzene rings is 6. The van der Waals surface area contributed by atoms with Crippen LogP contribution in [0.3, 0.4) is 0 Å². The molecule has 8 rings (SSSR count). The number of aromatic nitrogens is 6. The van der Waals surface area contributed by atoms with Crippen molar-refractivity contribution in [2.45, 2.75) is 19.0 Å². The van der Waals surface area contributed by atoms with E-state index in [1.807, 2.05) is 90.4 Å². The van der Waals surface area contributed by atoms with E-state index in [0.717, 1.165) is 38.9 Å². The van der Waals surface area contributed by atoms with Gasteiger partial charge in [-0.25, -0.2) is 4.79 Å². The molecule has 2 aromatic heterocycles. The monoisotopic (exact) mass is 696 g/mol. The molecule has 0 fully saturated rings. The number of ether oxygens (including phenoxy) is 2. The maximum absolute atomic E-state index is 12.7. The lowest BCUT2D eigenvalue weighted by molar-refractivity contribution is 0.0602. The van der Waals surface area contributed by atoms with E-state index in [0.29, 0.717) is 41.6 Å². The topological polar surface area (TPSA) is 97.0 Å². The standard InChI is InChI=1S/C44H36N6O3/c1-3-53-43-45-39-25-15-24-38(42(51)52-2)40(39)49(43)30-31-26-28-32(29-27-31)36-22-13-14-23-37(36)41-46-48-50(47-41)44(33-16-7-4-8-17-33,34-18-9-5-10-19-34)35-20-11-6-12-21-35/h4-29H,3,30H2,1-2H3. The van der Waals surface area contributed by atoms with Crippen LogP contribution in [0.4, 0.5) is 0 Å². The summed E-state index contributed by atoms with van der Waals surface area (Å²) in [5.74, 6) is 0.0873. The highest BCUT2D eigenvalue weighted by Crippen LogP contribution is 2.40. The molecule has 260 valence electrons. The number of fused-ring (bicyclic) bond motifs is 1. The number of carbonyl (C=O) groups excluding carboxylic acids is 1. The molecule has 0 bridgehead atoms. The van der Waals surface area contributed by atoms with Crippen molar-refractivity contribution in [2.75, 3.05) is 13.7 Å². The number of hydrogen-bond acceptors (Lipinski definition) is 7. The lowest BCUT2D eigenvalue weighted by Crippen LogP contribution is -2.39. The second kappa shape index (κ2) is 14.4. The van der Waals surface area contributed by atoms with Crippen LogP contribution in [0.5, 0.6) is 6.01 Å². The predicted molar refractivity (Wildman–Crippen MR) is 205 cm³/mol. The number of para-hydroxylation sites is 1. The molecule has 0 saturated carbocycles. The Morgan fingerprint density at radius 1 is 0.679 bits per heavy atom. The van der Waals surface area contributed by atoms with Gasteiger partial charge in [0.1, 0.15) is 0 Å². The van der Waals surface area contributed by atoms with Crippen LogP contribution in [0.1, 0.15) is 39.5 Å². The van der Waals surface area contributed by atoms with Gasteiger partial charge in [-0.3, -0.25) is 4.57 Å². The summed E-state index contributed by atoms with van der Waals surface area (Å²) in [7, 11) is 1.38. The molecule has 0 saturated heterocycles. The summed E-state index contributed by atoms with van der Waals surface area (Å²) in [4.78, 5) is 19.1. The molecule has 9 nitrogen and oxygen atoms in total. The van der Waals surface area contributed by atoms with Gasteiger partial charge in [0.05, 0.1) is 36.9 Å². The Morgan fingerprint density at radius 3 is 1.85 bits per heavy atom. The normalized spacial score (nSPS) is 11.4. The fourth-order valence-corrected chi connectivity index (χ4v) is 7.08. The van der Waals surface area contributed by atoms with Gasteiger partial charge >= 0.3 is 5.97 Å². The van der Waals surface area contributed by atoms with Gasteiger partial charge in [0, 0.05) is 5.56 Å². The van der Waals surface area contributed by atoms with Crippen molar-refractivity contribution in [3.8, 4) is 28.5 Å². The summed E-state index contributed by atoms with van der Waals surface area (Å²) in [5, 5.41) is 14.6. The van der Waals surface area contributed by atoms with Crippen LogP contribution in [0.25, 0.3) is 33.5 Å². The molecule has 0 spiro atoms. The van der Waals surface area contributed by atoms with Gasteiger partial charge in [0.25, 0.3) is 6.01 Å². The number of methoxy groups -OCH3 is 1. The lowest BCUT2D eigenvalue weighted by atomic mass is 9.77. The summed E-state index contributed by atoms with van der Waals surface area (Å²) < 4.78 is 12.9. The van der Waals surface area contributed by atoms with E-state index in [4.69, 9.17) is 24.9 Å². The van der Waals surface area contributed by atoms with Crippen molar-refractivity contribution in [3.63, 3.8) is 0 Å². The van der Waals surface area contributed by atoms with Crippen molar-refractivity contribution in [2.24, 2.45) is 0 Å². The Kier molecular flexibility index (Phi) is 9.04. The number of tetrazole rings is 1. The molecule has 8 aromatic rings. The van der Waals surface area contributed by atoms with Gasteiger partial charge in [-0.05, 0) is 57.7 Å². The summed E-state index contributed by atoms with van der Waals surface area (Å²) >= 11 is 0. The Morgan fingerprint density at radius 2 is 1.26 bits per heavy atom. The van der Waals surface area contributed by atoms with Gasteiger partial charge in [0.15, 0.2) is 5.54 Å². The third kappa shape index (κ3) is 6.02. The van der Waals surface area contributed by atoms with Crippen LogP contribution >= 0.6 is 0 Å². The summed E-state index contributed by atoms with van der Waals surface area (Å²) in [5.41, 5.74) is 7.78. The SMILES string of the molecule is CCOc1nc2cccc(C(=O)OC)c2n1Cc1ccc(-c2ccccc2-c2nnn(C(c3ccccc3)(c3ccccc3)c3ccccc3)n2)cc1. The third-order valence-electron chi connectivity index (χ3n) is 9.47. The molecule has 0 amide bonds. The molecule has 2 heterocycles. The van der Waals surface area contributed by atoms with Crippen molar-refractivity contribution < 1.29 is 14.3 Å². The molecule has 6 aromatic carbocycles.